The van der Waals surface area contributed by atoms with Crippen molar-refractivity contribution in [3.8, 4) is 0 Å². The van der Waals surface area contributed by atoms with Gasteiger partial charge in [-0.15, -0.1) is 0 Å². The topological polar surface area (TPSA) is 52.6 Å². The lowest BCUT2D eigenvalue weighted by atomic mass is 9.83. The summed E-state index contributed by atoms with van der Waals surface area (Å²) in [5, 5.41) is 0. The molecule has 132 valence electrons. The Labute approximate surface area is 140 Å². The Morgan fingerprint density at radius 3 is 1.78 bits per heavy atom. The molecule has 2 atom stereocenters. The molecule has 0 aromatic rings. The number of hydrogen-bond acceptors (Lipinski definition) is 4. The van der Waals surface area contributed by atoms with Gasteiger partial charge in [-0.25, -0.2) is 0 Å². The van der Waals surface area contributed by atoms with Crippen molar-refractivity contribution >= 4 is 11.9 Å². The summed E-state index contributed by atoms with van der Waals surface area (Å²) in [6.45, 7) is 5.13. The van der Waals surface area contributed by atoms with Crippen LogP contribution < -0.4 is 0 Å². The summed E-state index contributed by atoms with van der Waals surface area (Å²) in [5.41, 5.74) is 0. The Hall–Kier alpha value is -1.32. The van der Waals surface area contributed by atoms with Crippen molar-refractivity contribution in [1.82, 2.24) is 0 Å². The molecule has 0 amide bonds. The van der Waals surface area contributed by atoms with E-state index < -0.39 is 0 Å². The summed E-state index contributed by atoms with van der Waals surface area (Å²) in [6, 6.07) is 0. The maximum atomic E-state index is 12.3. The van der Waals surface area contributed by atoms with Crippen LogP contribution >= 0.6 is 0 Å². The average molecular weight is 324 g/mol. The third kappa shape index (κ3) is 7.67. The number of carbonyl (C=O) groups is 2. The Balaban J connectivity index is 2.36. The van der Waals surface area contributed by atoms with Crippen molar-refractivity contribution in [1.29, 1.82) is 0 Å². The summed E-state index contributed by atoms with van der Waals surface area (Å²) in [6.07, 6.45) is 12.5. The lowest BCUT2D eigenvalue weighted by Gasteiger charge is -2.25. The van der Waals surface area contributed by atoms with Crippen LogP contribution in [0.25, 0.3) is 0 Å². The van der Waals surface area contributed by atoms with Gasteiger partial charge in [-0.2, -0.15) is 0 Å². The number of allylic oxidation sites excluding steroid dienone is 2. The minimum atomic E-state index is -0.385. The van der Waals surface area contributed by atoms with Crippen LogP contribution in [0.15, 0.2) is 12.2 Å². The van der Waals surface area contributed by atoms with E-state index >= 15 is 0 Å². The van der Waals surface area contributed by atoms with Crippen LogP contribution in [0.1, 0.15) is 71.6 Å². The van der Waals surface area contributed by atoms with Crippen molar-refractivity contribution < 1.29 is 19.1 Å². The summed E-state index contributed by atoms with van der Waals surface area (Å²) in [7, 11) is 0. The molecule has 0 heterocycles. The van der Waals surface area contributed by atoms with Gasteiger partial charge in [0.1, 0.15) is 0 Å². The van der Waals surface area contributed by atoms with Gasteiger partial charge in [0.15, 0.2) is 0 Å². The Morgan fingerprint density at radius 2 is 1.26 bits per heavy atom. The van der Waals surface area contributed by atoms with Crippen molar-refractivity contribution in [3.05, 3.63) is 12.2 Å². The fourth-order valence-corrected chi connectivity index (χ4v) is 2.74. The quantitative estimate of drug-likeness (QED) is 0.320. The molecular weight excluding hydrogens is 292 g/mol. The molecule has 1 rings (SSSR count). The maximum Gasteiger partial charge on any atom is 0.310 e. The SMILES string of the molecule is CCCCCCCOC(=O)C1CC=CCC1C(=O)OCCCC. The number of unbranched alkanes of at least 4 members (excludes halogenated alkanes) is 5. The van der Waals surface area contributed by atoms with Crippen molar-refractivity contribution in [2.24, 2.45) is 11.8 Å². The fraction of sp³-hybridized carbons (Fsp3) is 0.789. The van der Waals surface area contributed by atoms with Gasteiger partial charge in [-0.3, -0.25) is 9.59 Å². The van der Waals surface area contributed by atoms with Crippen LogP contribution in [-0.4, -0.2) is 25.2 Å². The van der Waals surface area contributed by atoms with Gasteiger partial charge in [0, 0.05) is 0 Å². The minimum absolute atomic E-state index is 0.248. The van der Waals surface area contributed by atoms with Crippen LogP contribution in [-0.2, 0) is 19.1 Å². The van der Waals surface area contributed by atoms with Crippen LogP contribution in [0.2, 0.25) is 0 Å². The van der Waals surface area contributed by atoms with Gasteiger partial charge >= 0.3 is 11.9 Å². The second kappa shape index (κ2) is 12.1. The van der Waals surface area contributed by atoms with E-state index in [1.54, 1.807) is 0 Å². The highest BCUT2D eigenvalue weighted by atomic mass is 16.5. The molecule has 0 N–H and O–H groups in total. The first-order valence-corrected chi connectivity index (χ1v) is 9.19. The van der Waals surface area contributed by atoms with Crippen molar-refractivity contribution in [3.63, 3.8) is 0 Å². The molecule has 1 aliphatic rings. The molecule has 0 bridgehead atoms. The first-order valence-electron chi connectivity index (χ1n) is 9.19. The molecule has 0 radical (unpaired) electrons. The van der Waals surface area contributed by atoms with E-state index in [4.69, 9.17) is 9.47 Å². The van der Waals surface area contributed by atoms with E-state index in [1.807, 2.05) is 12.2 Å². The van der Waals surface area contributed by atoms with Crippen LogP contribution in [0, 0.1) is 11.8 Å². The Morgan fingerprint density at radius 1 is 0.783 bits per heavy atom. The molecule has 0 fully saturated rings. The molecule has 0 saturated carbocycles. The van der Waals surface area contributed by atoms with E-state index in [1.165, 1.54) is 19.3 Å². The van der Waals surface area contributed by atoms with Gasteiger partial charge in [-0.1, -0.05) is 58.1 Å². The maximum absolute atomic E-state index is 12.3. The lowest BCUT2D eigenvalue weighted by Crippen LogP contribution is -2.34. The molecule has 4 heteroatoms. The molecule has 4 nitrogen and oxygen atoms in total. The van der Waals surface area contributed by atoms with Gasteiger partial charge in [-0.05, 0) is 25.7 Å². The zero-order valence-corrected chi connectivity index (χ0v) is 14.7. The van der Waals surface area contributed by atoms with Gasteiger partial charge in [0.05, 0.1) is 25.0 Å². The molecule has 0 aromatic carbocycles. The summed E-state index contributed by atoms with van der Waals surface area (Å²) in [5.74, 6) is -1.27. The minimum Gasteiger partial charge on any atom is -0.465 e. The second-order valence-electron chi connectivity index (χ2n) is 6.26. The number of hydrogen-bond donors (Lipinski definition) is 0. The van der Waals surface area contributed by atoms with Crippen molar-refractivity contribution in [2.75, 3.05) is 13.2 Å². The highest BCUT2D eigenvalue weighted by Crippen LogP contribution is 2.28. The van der Waals surface area contributed by atoms with Crippen molar-refractivity contribution in [2.45, 2.75) is 71.6 Å². The number of esters is 2. The highest BCUT2D eigenvalue weighted by Gasteiger charge is 2.36. The molecule has 0 saturated heterocycles. The number of ether oxygens (including phenoxy) is 2. The number of rotatable bonds is 11. The molecule has 1 aliphatic carbocycles. The smallest absolute Gasteiger partial charge is 0.310 e. The van der Waals surface area contributed by atoms with Crippen LogP contribution in [0.3, 0.4) is 0 Å². The molecule has 2 unspecified atom stereocenters. The van der Waals surface area contributed by atoms with E-state index in [0.29, 0.717) is 26.1 Å². The summed E-state index contributed by atoms with van der Waals surface area (Å²) in [4.78, 5) is 24.4. The molecule has 23 heavy (non-hydrogen) atoms. The molecule has 0 spiro atoms. The van der Waals surface area contributed by atoms with Crippen LogP contribution in [0.4, 0.5) is 0 Å². The van der Waals surface area contributed by atoms with Crippen LogP contribution in [0.5, 0.6) is 0 Å². The second-order valence-corrected chi connectivity index (χ2v) is 6.26. The zero-order valence-electron chi connectivity index (χ0n) is 14.7. The summed E-state index contributed by atoms with van der Waals surface area (Å²) >= 11 is 0. The van der Waals surface area contributed by atoms with Gasteiger partial charge < -0.3 is 9.47 Å². The lowest BCUT2D eigenvalue weighted by molar-refractivity contribution is -0.161. The van der Waals surface area contributed by atoms with Gasteiger partial charge in [0.25, 0.3) is 0 Å². The van der Waals surface area contributed by atoms with E-state index in [2.05, 4.69) is 13.8 Å². The fourth-order valence-electron chi connectivity index (χ4n) is 2.74. The molecule has 0 aromatic heterocycles. The Kier molecular flexibility index (Phi) is 10.4. The standard InChI is InChI=1S/C19H32O4/c1-3-5-7-8-11-15-23-19(21)17-13-10-9-12-16(17)18(20)22-14-6-4-2/h9-10,16-17H,3-8,11-15H2,1-2H3. The zero-order chi connectivity index (χ0) is 16.9. The Bertz CT molecular complexity index is 376. The third-order valence-corrected chi connectivity index (χ3v) is 4.27. The molecule has 0 aliphatic heterocycles. The first-order chi connectivity index (χ1) is 11.2. The predicted octanol–water partition coefficient (Wildman–Crippen LogP) is 4.43. The first kappa shape index (κ1) is 19.7. The molecular formula is C19H32O4. The monoisotopic (exact) mass is 324 g/mol. The van der Waals surface area contributed by atoms with E-state index in [-0.39, 0.29) is 23.8 Å². The normalized spacial score (nSPS) is 20.3. The van der Waals surface area contributed by atoms with Gasteiger partial charge in [0.2, 0.25) is 0 Å². The number of carbonyl (C=O) groups excluding carboxylic acids is 2. The average Bonchev–Trinajstić information content (AvgIpc) is 2.58. The predicted molar refractivity (Wildman–Crippen MR) is 90.9 cm³/mol. The van der Waals surface area contributed by atoms with E-state index in [0.717, 1.165) is 25.7 Å². The third-order valence-electron chi connectivity index (χ3n) is 4.27. The largest absolute Gasteiger partial charge is 0.465 e. The summed E-state index contributed by atoms with van der Waals surface area (Å²) < 4.78 is 10.7. The van der Waals surface area contributed by atoms with E-state index in [9.17, 15) is 9.59 Å². The highest BCUT2D eigenvalue weighted by molar-refractivity contribution is 5.82.